The molecule has 2 aromatic carbocycles. The third kappa shape index (κ3) is 3.79. The van der Waals surface area contributed by atoms with E-state index < -0.39 is 23.7 Å². The van der Waals surface area contributed by atoms with Gasteiger partial charge in [-0.25, -0.2) is 4.90 Å². The topological polar surface area (TPSA) is 101 Å². The van der Waals surface area contributed by atoms with Crippen molar-refractivity contribution >= 4 is 40.7 Å². The van der Waals surface area contributed by atoms with Crippen molar-refractivity contribution in [2.45, 2.75) is 39.5 Å². The molecular weight excluding hydrogens is 530 g/mol. The van der Waals surface area contributed by atoms with E-state index in [-0.39, 0.29) is 41.3 Å². The van der Waals surface area contributed by atoms with Gasteiger partial charge in [0.15, 0.2) is 23.1 Å². The lowest BCUT2D eigenvalue weighted by Crippen LogP contribution is -2.39. The van der Waals surface area contributed by atoms with Crippen LogP contribution in [0.1, 0.15) is 43.7 Å². The average Bonchev–Trinajstić information content (AvgIpc) is 3.19. The quantitative estimate of drug-likeness (QED) is 0.307. The number of hydrogen-bond acceptors (Lipinski definition) is 6. The van der Waals surface area contributed by atoms with Gasteiger partial charge in [-0.05, 0) is 69.4 Å². The number of aromatic hydroxyl groups is 1. The molecule has 0 radical (unpaired) electrons. The second-order valence-corrected chi connectivity index (χ2v) is 11.2. The van der Waals surface area contributed by atoms with Gasteiger partial charge in [0, 0.05) is 33.2 Å². The van der Waals surface area contributed by atoms with Gasteiger partial charge in [0.05, 0.1) is 24.1 Å². The van der Waals surface area contributed by atoms with Crippen LogP contribution in [0.25, 0.3) is 0 Å². The standard InChI is InChI=1S/C32H28ClNO6/c1-4-40-25-7-5-6-19(30(25)37)26-18-10-11-20-27(21(18)14-22-28(26)24(35)12-16(3)29(22)36)32(39)34(31(20)38)17-9-8-15(2)23(33)13-17/h5-10,12-13,20-21,26-27,37H,4,11,14H2,1-3H3. The van der Waals surface area contributed by atoms with E-state index in [0.717, 1.165) is 11.1 Å². The zero-order chi connectivity index (χ0) is 28.5. The Morgan fingerprint density at radius 2 is 1.82 bits per heavy atom. The predicted octanol–water partition coefficient (Wildman–Crippen LogP) is 5.39. The van der Waals surface area contributed by atoms with Gasteiger partial charge in [-0.3, -0.25) is 19.2 Å². The van der Waals surface area contributed by atoms with E-state index in [0.29, 0.717) is 46.0 Å². The second kappa shape index (κ2) is 9.59. The number of hydrogen-bond donors (Lipinski definition) is 1. The maximum absolute atomic E-state index is 14.0. The fourth-order valence-electron chi connectivity index (χ4n) is 6.76. The highest BCUT2D eigenvalue weighted by Crippen LogP contribution is 2.57. The van der Waals surface area contributed by atoms with Crippen LogP contribution in [-0.4, -0.2) is 35.1 Å². The first-order chi connectivity index (χ1) is 19.1. The summed E-state index contributed by atoms with van der Waals surface area (Å²) in [6.07, 6.45) is 3.74. The van der Waals surface area contributed by atoms with Crippen molar-refractivity contribution in [1.82, 2.24) is 0 Å². The Kier molecular flexibility index (Phi) is 6.30. The minimum Gasteiger partial charge on any atom is -0.504 e. The number of rotatable bonds is 4. The molecule has 2 aromatic rings. The molecule has 1 aliphatic heterocycles. The number of ketones is 2. The number of halogens is 1. The Morgan fingerprint density at radius 1 is 1.05 bits per heavy atom. The lowest BCUT2D eigenvalue weighted by Gasteiger charge is -2.42. The number of allylic oxidation sites excluding steroid dienone is 6. The van der Waals surface area contributed by atoms with Crippen molar-refractivity contribution in [3.8, 4) is 11.5 Å². The Balaban J connectivity index is 1.50. The fourth-order valence-corrected chi connectivity index (χ4v) is 6.93. The molecule has 3 aliphatic carbocycles. The van der Waals surface area contributed by atoms with Crippen molar-refractivity contribution in [1.29, 1.82) is 0 Å². The lowest BCUT2D eigenvalue weighted by atomic mass is 9.59. The summed E-state index contributed by atoms with van der Waals surface area (Å²) in [5.74, 6) is -3.58. The molecule has 0 spiro atoms. The molecule has 204 valence electrons. The van der Waals surface area contributed by atoms with Crippen LogP contribution in [0, 0.1) is 24.7 Å². The lowest BCUT2D eigenvalue weighted by molar-refractivity contribution is -0.123. The van der Waals surface area contributed by atoms with Crippen LogP contribution in [0.4, 0.5) is 5.69 Å². The summed E-state index contributed by atoms with van der Waals surface area (Å²) in [5.41, 5.74) is 3.44. The number of carbonyl (C=O) groups excluding carboxylic acids is 4. The van der Waals surface area contributed by atoms with Crippen molar-refractivity contribution in [3.05, 3.63) is 87.0 Å². The Hall–Kier alpha value is -3.97. The molecule has 0 bridgehead atoms. The Morgan fingerprint density at radius 3 is 2.55 bits per heavy atom. The van der Waals surface area contributed by atoms with Gasteiger partial charge >= 0.3 is 0 Å². The van der Waals surface area contributed by atoms with Gasteiger partial charge < -0.3 is 9.84 Å². The summed E-state index contributed by atoms with van der Waals surface area (Å²) in [7, 11) is 0. The number of carbonyl (C=O) groups is 4. The van der Waals surface area contributed by atoms with Crippen molar-refractivity contribution < 1.29 is 29.0 Å². The summed E-state index contributed by atoms with van der Waals surface area (Å²) < 4.78 is 5.62. The number of aryl methyl sites for hydroxylation is 1. The SMILES string of the molecule is CCOc1cccc(C2C3=CCC4C(=O)N(c5ccc(C)c(Cl)c5)C(=O)C4C3CC3=C2C(=O)C=C(C)C3=O)c1O. The van der Waals surface area contributed by atoms with E-state index >= 15 is 0 Å². The van der Waals surface area contributed by atoms with Crippen LogP contribution in [0.15, 0.2) is 70.8 Å². The van der Waals surface area contributed by atoms with Crippen molar-refractivity contribution in [2.75, 3.05) is 11.5 Å². The van der Waals surface area contributed by atoms with Crippen LogP contribution < -0.4 is 9.64 Å². The highest BCUT2D eigenvalue weighted by atomic mass is 35.5. The maximum Gasteiger partial charge on any atom is 0.238 e. The van der Waals surface area contributed by atoms with E-state index in [1.54, 1.807) is 50.2 Å². The summed E-state index contributed by atoms with van der Waals surface area (Å²) in [4.78, 5) is 55.7. The van der Waals surface area contributed by atoms with Gasteiger partial charge in [-0.15, -0.1) is 0 Å². The molecule has 8 heteroatoms. The Labute approximate surface area is 236 Å². The molecule has 1 heterocycles. The third-order valence-electron chi connectivity index (χ3n) is 8.62. The molecule has 4 aliphatic rings. The number of benzene rings is 2. The molecular formula is C32H28ClNO6. The van der Waals surface area contributed by atoms with Gasteiger partial charge in [-0.1, -0.05) is 41.4 Å². The number of phenols is 1. The van der Waals surface area contributed by atoms with Gasteiger partial charge in [0.2, 0.25) is 11.8 Å². The van der Waals surface area contributed by atoms with E-state index in [4.69, 9.17) is 16.3 Å². The first-order valence-electron chi connectivity index (χ1n) is 13.4. The smallest absolute Gasteiger partial charge is 0.238 e. The van der Waals surface area contributed by atoms with Gasteiger partial charge in [0.25, 0.3) is 0 Å². The van der Waals surface area contributed by atoms with Crippen molar-refractivity contribution in [2.24, 2.45) is 17.8 Å². The maximum atomic E-state index is 14.0. The van der Waals surface area contributed by atoms with Crippen LogP contribution in [-0.2, 0) is 19.2 Å². The molecule has 7 nitrogen and oxygen atoms in total. The molecule has 2 amide bonds. The highest BCUT2D eigenvalue weighted by Gasteiger charge is 2.57. The first-order valence-corrected chi connectivity index (χ1v) is 13.8. The number of imide groups is 1. The molecule has 1 fully saturated rings. The van der Waals surface area contributed by atoms with E-state index in [1.807, 2.05) is 13.0 Å². The monoisotopic (exact) mass is 557 g/mol. The average molecular weight is 558 g/mol. The summed E-state index contributed by atoms with van der Waals surface area (Å²) in [5, 5.41) is 11.7. The molecule has 0 saturated carbocycles. The predicted molar refractivity (Wildman–Crippen MR) is 149 cm³/mol. The van der Waals surface area contributed by atoms with Gasteiger partial charge in [0.1, 0.15) is 0 Å². The minimum atomic E-state index is -0.748. The molecule has 1 saturated heterocycles. The number of nitrogens with zero attached hydrogens (tertiary/aromatic N) is 1. The summed E-state index contributed by atoms with van der Waals surface area (Å²) in [6.45, 7) is 5.59. The first kappa shape index (κ1) is 26.3. The van der Waals surface area contributed by atoms with E-state index in [2.05, 4.69) is 0 Å². The molecule has 4 unspecified atom stereocenters. The number of anilines is 1. The zero-order valence-electron chi connectivity index (χ0n) is 22.4. The molecule has 1 N–H and O–H groups in total. The molecule has 6 rings (SSSR count). The number of para-hydroxylation sites is 1. The van der Waals surface area contributed by atoms with Crippen LogP contribution in [0.2, 0.25) is 5.02 Å². The van der Waals surface area contributed by atoms with E-state index in [9.17, 15) is 24.3 Å². The van der Waals surface area contributed by atoms with Crippen molar-refractivity contribution in [3.63, 3.8) is 0 Å². The minimum absolute atomic E-state index is 0.110. The van der Waals surface area contributed by atoms with Crippen LogP contribution in [0.3, 0.4) is 0 Å². The molecule has 4 atom stereocenters. The number of fused-ring (bicyclic) bond motifs is 3. The number of Topliss-reactive ketones (excluding diaryl/α,β-unsaturated/α-hetero) is 1. The summed E-state index contributed by atoms with van der Waals surface area (Å²) in [6, 6.07) is 10.2. The summed E-state index contributed by atoms with van der Waals surface area (Å²) >= 11 is 6.33. The zero-order valence-corrected chi connectivity index (χ0v) is 23.1. The fraction of sp³-hybridized carbons (Fsp3) is 0.312. The number of phenolic OH excluding ortho intramolecular Hbond substituents is 1. The van der Waals surface area contributed by atoms with Crippen LogP contribution >= 0.6 is 11.6 Å². The largest absolute Gasteiger partial charge is 0.504 e. The number of amides is 2. The Bertz CT molecular complexity index is 1610. The van der Waals surface area contributed by atoms with Crippen LogP contribution in [0.5, 0.6) is 11.5 Å². The highest BCUT2D eigenvalue weighted by molar-refractivity contribution is 6.32. The number of ether oxygens (including phenoxy) is 1. The second-order valence-electron chi connectivity index (χ2n) is 10.8. The van der Waals surface area contributed by atoms with Gasteiger partial charge in [-0.2, -0.15) is 0 Å². The molecule has 0 aromatic heterocycles. The normalized spacial score (nSPS) is 25.9. The molecule has 40 heavy (non-hydrogen) atoms. The van der Waals surface area contributed by atoms with E-state index in [1.165, 1.54) is 11.0 Å². The third-order valence-corrected chi connectivity index (χ3v) is 9.02.